The van der Waals surface area contributed by atoms with Crippen molar-refractivity contribution in [3.05, 3.63) is 29.3 Å². The summed E-state index contributed by atoms with van der Waals surface area (Å²) in [6.45, 7) is 3.42. The van der Waals surface area contributed by atoms with Crippen molar-refractivity contribution in [2.75, 3.05) is 24.5 Å². The molecule has 4 rings (SSSR count). The lowest BCUT2D eigenvalue weighted by molar-refractivity contribution is -0.144. The molecule has 3 heterocycles. The number of anilines is 1. The summed E-state index contributed by atoms with van der Waals surface area (Å²) in [4.78, 5) is 64.3. The highest BCUT2D eigenvalue weighted by atomic mass is 19.4. The van der Waals surface area contributed by atoms with Gasteiger partial charge in [-0.2, -0.15) is 13.2 Å². The first-order valence-corrected chi connectivity index (χ1v) is 11.8. The third-order valence-corrected chi connectivity index (χ3v) is 7.11. The number of amides is 5. The Balaban J connectivity index is 1.37. The van der Waals surface area contributed by atoms with Crippen LogP contribution >= 0.6 is 0 Å². The third kappa shape index (κ3) is 5.36. The molecule has 0 saturated carbocycles. The first kappa shape index (κ1) is 25.6. The number of imide groups is 2. The van der Waals surface area contributed by atoms with Crippen LogP contribution in [-0.2, 0) is 14.4 Å². The Morgan fingerprint density at radius 3 is 2.42 bits per heavy atom. The summed E-state index contributed by atoms with van der Waals surface area (Å²) in [7, 11) is 0. The molecule has 5 amide bonds. The minimum Gasteiger partial charge on any atom is -0.371 e. The van der Waals surface area contributed by atoms with Gasteiger partial charge in [-0.15, -0.1) is 0 Å². The Morgan fingerprint density at radius 2 is 1.78 bits per heavy atom. The van der Waals surface area contributed by atoms with Crippen LogP contribution in [0.1, 0.15) is 66.2 Å². The van der Waals surface area contributed by atoms with Crippen molar-refractivity contribution in [1.29, 1.82) is 0 Å². The van der Waals surface area contributed by atoms with Gasteiger partial charge in [0.25, 0.3) is 11.8 Å². The van der Waals surface area contributed by atoms with Gasteiger partial charge in [-0.1, -0.05) is 6.92 Å². The topological polar surface area (TPSA) is 116 Å². The zero-order valence-corrected chi connectivity index (χ0v) is 19.7. The molecule has 1 unspecified atom stereocenters. The number of rotatable bonds is 6. The Kier molecular flexibility index (Phi) is 6.80. The molecule has 1 atom stereocenters. The summed E-state index contributed by atoms with van der Waals surface area (Å²) in [6, 6.07) is 3.90. The average molecular weight is 508 g/mol. The monoisotopic (exact) mass is 508 g/mol. The van der Waals surface area contributed by atoms with Crippen LogP contribution in [0.5, 0.6) is 0 Å². The summed E-state index contributed by atoms with van der Waals surface area (Å²) in [5, 5.41) is 4.78. The van der Waals surface area contributed by atoms with Crippen LogP contribution in [0.15, 0.2) is 18.2 Å². The van der Waals surface area contributed by atoms with Crippen LogP contribution < -0.4 is 15.5 Å². The molecule has 2 saturated heterocycles. The van der Waals surface area contributed by atoms with Crippen LogP contribution in [-0.4, -0.2) is 66.3 Å². The Bertz CT molecular complexity index is 1110. The van der Waals surface area contributed by atoms with Crippen LogP contribution in [0.25, 0.3) is 0 Å². The van der Waals surface area contributed by atoms with Crippen molar-refractivity contribution in [1.82, 2.24) is 15.5 Å². The second kappa shape index (κ2) is 9.55. The van der Waals surface area contributed by atoms with Gasteiger partial charge in [0.15, 0.2) is 0 Å². The lowest BCUT2D eigenvalue weighted by atomic mass is 9.80. The number of carbonyl (C=O) groups is 5. The van der Waals surface area contributed by atoms with Crippen molar-refractivity contribution in [3.63, 3.8) is 0 Å². The number of halogens is 3. The predicted octanol–water partition coefficient (Wildman–Crippen LogP) is 2.15. The van der Waals surface area contributed by atoms with E-state index in [1.807, 2.05) is 11.8 Å². The zero-order chi connectivity index (χ0) is 26.3. The molecule has 2 N–H and O–H groups in total. The SMILES string of the molecule is CC1(CNC(=O)CCC(F)(F)F)CCN(c2ccc3c(c2)C(=O)N(C2CCC(=O)NC2=O)C3=O)CC1. The normalized spacial score (nSPS) is 21.9. The Hall–Kier alpha value is -3.44. The molecule has 0 radical (unpaired) electrons. The second-order valence-corrected chi connectivity index (χ2v) is 9.87. The largest absolute Gasteiger partial charge is 0.389 e. The highest BCUT2D eigenvalue weighted by molar-refractivity contribution is 6.23. The maximum Gasteiger partial charge on any atom is 0.389 e. The Morgan fingerprint density at radius 1 is 1.11 bits per heavy atom. The molecule has 36 heavy (non-hydrogen) atoms. The van der Waals surface area contributed by atoms with E-state index in [1.54, 1.807) is 18.2 Å². The van der Waals surface area contributed by atoms with Gasteiger partial charge in [-0.3, -0.25) is 34.2 Å². The van der Waals surface area contributed by atoms with E-state index in [0.29, 0.717) is 25.9 Å². The first-order valence-electron chi connectivity index (χ1n) is 11.8. The highest BCUT2D eigenvalue weighted by Crippen LogP contribution is 2.35. The predicted molar refractivity (Wildman–Crippen MR) is 121 cm³/mol. The van der Waals surface area contributed by atoms with Crippen molar-refractivity contribution in [2.45, 2.75) is 57.7 Å². The molecule has 12 heteroatoms. The lowest BCUT2D eigenvalue weighted by Crippen LogP contribution is -2.54. The van der Waals surface area contributed by atoms with Crippen LogP contribution in [0.4, 0.5) is 18.9 Å². The fourth-order valence-corrected chi connectivity index (χ4v) is 4.79. The van der Waals surface area contributed by atoms with Crippen LogP contribution in [0.2, 0.25) is 0 Å². The van der Waals surface area contributed by atoms with E-state index in [2.05, 4.69) is 10.6 Å². The lowest BCUT2D eigenvalue weighted by Gasteiger charge is -2.40. The Labute approximate surface area is 205 Å². The number of nitrogens with zero attached hydrogens (tertiary/aromatic N) is 2. The molecule has 0 aromatic heterocycles. The fraction of sp³-hybridized carbons (Fsp3) is 0.542. The molecule has 3 aliphatic heterocycles. The summed E-state index contributed by atoms with van der Waals surface area (Å²) < 4.78 is 36.9. The van der Waals surface area contributed by atoms with Crippen molar-refractivity contribution in [3.8, 4) is 0 Å². The van der Waals surface area contributed by atoms with E-state index in [0.717, 1.165) is 10.6 Å². The number of carbonyl (C=O) groups excluding carboxylic acids is 5. The number of benzene rings is 1. The first-order chi connectivity index (χ1) is 16.9. The van der Waals surface area contributed by atoms with Gasteiger partial charge in [0.05, 0.1) is 17.5 Å². The summed E-state index contributed by atoms with van der Waals surface area (Å²) in [5.41, 5.74) is 0.857. The maximum atomic E-state index is 13.0. The number of hydrogen-bond donors (Lipinski definition) is 2. The average Bonchev–Trinajstić information content (AvgIpc) is 3.06. The summed E-state index contributed by atoms with van der Waals surface area (Å²) in [6.07, 6.45) is -4.65. The molecular weight excluding hydrogens is 481 g/mol. The van der Waals surface area contributed by atoms with E-state index in [4.69, 9.17) is 0 Å². The van der Waals surface area contributed by atoms with Gasteiger partial charge in [0.2, 0.25) is 17.7 Å². The van der Waals surface area contributed by atoms with E-state index in [9.17, 15) is 37.1 Å². The second-order valence-electron chi connectivity index (χ2n) is 9.87. The molecule has 0 aliphatic carbocycles. The molecule has 1 aromatic carbocycles. The van der Waals surface area contributed by atoms with E-state index >= 15 is 0 Å². The molecule has 3 aliphatic rings. The number of nitrogens with one attached hydrogen (secondary N) is 2. The number of alkyl halides is 3. The van der Waals surface area contributed by atoms with Gasteiger partial charge in [0.1, 0.15) is 6.04 Å². The number of fused-ring (bicyclic) bond motifs is 1. The van der Waals surface area contributed by atoms with Gasteiger partial charge >= 0.3 is 6.18 Å². The maximum absolute atomic E-state index is 13.0. The quantitative estimate of drug-likeness (QED) is 0.569. The van der Waals surface area contributed by atoms with Crippen molar-refractivity contribution >= 4 is 35.2 Å². The molecule has 9 nitrogen and oxygen atoms in total. The van der Waals surface area contributed by atoms with E-state index in [1.165, 1.54) is 0 Å². The molecule has 2 fully saturated rings. The zero-order valence-electron chi connectivity index (χ0n) is 19.7. The van der Waals surface area contributed by atoms with Crippen LogP contribution in [0, 0.1) is 5.41 Å². The molecule has 1 aromatic rings. The van der Waals surface area contributed by atoms with Crippen LogP contribution in [0.3, 0.4) is 0 Å². The van der Waals surface area contributed by atoms with Crippen molar-refractivity contribution in [2.24, 2.45) is 5.41 Å². The van der Waals surface area contributed by atoms with Gasteiger partial charge in [-0.05, 0) is 42.9 Å². The van der Waals surface area contributed by atoms with E-state index in [-0.39, 0.29) is 35.9 Å². The standard InChI is InChI=1S/C24H27F3N4O5/c1-23(13-28-18(32)6-7-24(25,26)27)8-10-30(11-9-23)14-2-3-15-16(12-14)22(36)31(21(15)35)17-4-5-19(33)29-20(17)34/h2-3,12,17H,4-11,13H2,1H3,(H,28,32)(H,29,33,34). The highest BCUT2D eigenvalue weighted by Gasteiger charge is 2.45. The van der Waals surface area contributed by atoms with Gasteiger partial charge < -0.3 is 10.2 Å². The molecule has 0 bridgehead atoms. The number of piperidine rings is 2. The molecular formula is C24H27F3N4O5. The fourth-order valence-electron chi connectivity index (χ4n) is 4.79. The van der Waals surface area contributed by atoms with Gasteiger partial charge in [-0.25, -0.2) is 0 Å². The summed E-state index contributed by atoms with van der Waals surface area (Å²) in [5.74, 6) is -2.87. The van der Waals surface area contributed by atoms with Gasteiger partial charge in [0, 0.05) is 38.2 Å². The third-order valence-electron chi connectivity index (χ3n) is 7.11. The number of hydrogen-bond acceptors (Lipinski definition) is 6. The molecule has 194 valence electrons. The minimum absolute atomic E-state index is 0.0460. The minimum atomic E-state index is -4.37. The van der Waals surface area contributed by atoms with Crippen molar-refractivity contribution < 1.29 is 37.1 Å². The summed E-state index contributed by atoms with van der Waals surface area (Å²) >= 11 is 0. The van der Waals surface area contributed by atoms with E-state index < -0.39 is 54.6 Å². The molecule has 0 spiro atoms. The smallest absolute Gasteiger partial charge is 0.371 e.